The quantitative estimate of drug-likeness (QED) is 0.546. The zero-order valence-electron chi connectivity index (χ0n) is 11.1. The zero-order valence-corrected chi connectivity index (χ0v) is 11.1. The Kier molecular flexibility index (Phi) is 6.08. The van der Waals surface area contributed by atoms with Crippen molar-refractivity contribution >= 4 is 5.97 Å². The van der Waals surface area contributed by atoms with E-state index in [1.807, 2.05) is 30.0 Å². The molecule has 1 aromatic rings. The van der Waals surface area contributed by atoms with Crippen LogP contribution in [0.1, 0.15) is 18.3 Å². The Hall–Kier alpha value is -1.68. The normalized spacial score (nSPS) is 10.4. The molecule has 0 amide bonds. The number of hydrogen-bond acceptors (Lipinski definition) is 4. The largest absolute Gasteiger partial charge is 0.465 e. The maximum atomic E-state index is 11.5. The third-order valence-electron chi connectivity index (χ3n) is 2.38. The molecule has 0 saturated carbocycles. The molecule has 18 heavy (non-hydrogen) atoms. The smallest absolute Gasteiger partial charge is 0.320 e. The van der Waals surface area contributed by atoms with Crippen LogP contribution in [0.25, 0.3) is 0 Å². The van der Waals surface area contributed by atoms with E-state index >= 15 is 0 Å². The second kappa shape index (κ2) is 7.61. The van der Waals surface area contributed by atoms with Gasteiger partial charge in [-0.3, -0.25) is 14.7 Å². The molecule has 0 aliphatic heterocycles. The first kappa shape index (κ1) is 14.4. The third-order valence-corrected chi connectivity index (χ3v) is 2.38. The molecule has 0 bridgehead atoms. The van der Waals surface area contributed by atoms with Gasteiger partial charge in [0, 0.05) is 18.8 Å². The molecule has 0 saturated heterocycles. The minimum absolute atomic E-state index is 0.216. The van der Waals surface area contributed by atoms with E-state index in [4.69, 9.17) is 4.74 Å². The zero-order chi connectivity index (χ0) is 13.4. The van der Waals surface area contributed by atoms with E-state index in [9.17, 15) is 4.79 Å². The van der Waals surface area contributed by atoms with Crippen LogP contribution in [0.5, 0.6) is 0 Å². The Labute approximate surface area is 108 Å². The summed E-state index contributed by atoms with van der Waals surface area (Å²) in [4.78, 5) is 17.8. The van der Waals surface area contributed by atoms with Crippen molar-refractivity contribution in [1.82, 2.24) is 9.88 Å². The number of hydrogen-bond donors (Lipinski definition) is 0. The van der Waals surface area contributed by atoms with Crippen LogP contribution in [-0.2, 0) is 16.1 Å². The van der Waals surface area contributed by atoms with Gasteiger partial charge in [-0.25, -0.2) is 0 Å². The van der Waals surface area contributed by atoms with Gasteiger partial charge in [0.05, 0.1) is 18.8 Å². The van der Waals surface area contributed by atoms with Crippen molar-refractivity contribution < 1.29 is 9.53 Å². The molecule has 1 heterocycles. The van der Waals surface area contributed by atoms with Gasteiger partial charge in [-0.15, -0.1) is 6.58 Å². The lowest BCUT2D eigenvalue weighted by Crippen LogP contribution is -2.31. The molecular formula is C14H20N2O2. The fourth-order valence-electron chi connectivity index (χ4n) is 1.67. The lowest BCUT2D eigenvalue weighted by molar-refractivity contribution is -0.144. The highest BCUT2D eigenvalue weighted by Gasteiger charge is 2.11. The first-order chi connectivity index (χ1) is 8.65. The average Bonchev–Trinajstić information content (AvgIpc) is 2.29. The third kappa shape index (κ3) is 5.10. The number of aromatic nitrogens is 1. The first-order valence-corrected chi connectivity index (χ1v) is 6.07. The summed E-state index contributed by atoms with van der Waals surface area (Å²) < 4.78 is 4.94. The van der Waals surface area contributed by atoms with Crippen molar-refractivity contribution in [3.63, 3.8) is 0 Å². The van der Waals surface area contributed by atoms with Crippen molar-refractivity contribution in [3.8, 4) is 0 Å². The van der Waals surface area contributed by atoms with Gasteiger partial charge in [-0.1, -0.05) is 12.1 Å². The Morgan fingerprint density at radius 1 is 1.56 bits per heavy atom. The molecule has 1 rings (SSSR count). The van der Waals surface area contributed by atoms with E-state index in [0.717, 1.165) is 11.4 Å². The standard InChI is InChI=1S/C14H20N2O2/c1-4-9-16(11-14(17)18-5-2)10-13-8-6-7-12(3)15-13/h4,6-8H,1,5,9-11H2,2-3H3. The van der Waals surface area contributed by atoms with Gasteiger partial charge in [-0.05, 0) is 26.0 Å². The number of carbonyl (C=O) groups excluding carboxylic acids is 1. The maximum absolute atomic E-state index is 11.5. The molecule has 4 heteroatoms. The van der Waals surface area contributed by atoms with E-state index in [1.54, 1.807) is 13.0 Å². The molecule has 0 unspecified atom stereocenters. The number of ether oxygens (including phenoxy) is 1. The summed E-state index contributed by atoms with van der Waals surface area (Å²) >= 11 is 0. The predicted molar refractivity (Wildman–Crippen MR) is 71.1 cm³/mol. The number of aryl methyl sites for hydroxylation is 1. The number of esters is 1. The fraction of sp³-hybridized carbons (Fsp3) is 0.429. The molecule has 0 spiro atoms. The SMILES string of the molecule is C=CCN(CC(=O)OCC)Cc1cccc(C)n1. The van der Waals surface area contributed by atoms with Crippen LogP contribution in [0.3, 0.4) is 0 Å². The molecule has 0 aliphatic carbocycles. The Morgan fingerprint density at radius 2 is 2.33 bits per heavy atom. The highest BCUT2D eigenvalue weighted by Crippen LogP contribution is 2.03. The van der Waals surface area contributed by atoms with Crippen LogP contribution in [0.2, 0.25) is 0 Å². The fourth-order valence-corrected chi connectivity index (χ4v) is 1.67. The van der Waals surface area contributed by atoms with Crippen molar-refractivity contribution in [2.75, 3.05) is 19.7 Å². The minimum atomic E-state index is -0.216. The van der Waals surface area contributed by atoms with Gasteiger partial charge in [0.15, 0.2) is 0 Å². The van der Waals surface area contributed by atoms with E-state index < -0.39 is 0 Å². The van der Waals surface area contributed by atoms with Crippen molar-refractivity contribution in [2.45, 2.75) is 20.4 Å². The van der Waals surface area contributed by atoms with Gasteiger partial charge < -0.3 is 4.74 Å². The Balaban J connectivity index is 2.62. The monoisotopic (exact) mass is 248 g/mol. The van der Waals surface area contributed by atoms with Gasteiger partial charge in [0.1, 0.15) is 0 Å². The minimum Gasteiger partial charge on any atom is -0.465 e. The van der Waals surface area contributed by atoms with Gasteiger partial charge in [-0.2, -0.15) is 0 Å². The highest BCUT2D eigenvalue weighted by molar-refractivity contribution is 5.71. The van der Waals surface area contributed by atoms with Crippen LogP contribution < -0.4 is 0 Å². The molecule has 98 valence electrons. The lowest BCUT2D eigenvalue weighted by atomic mass is 10.3. The molecule has 0 radical (unpaired) electrons. The van der Waals surface area contributed by atoms with E-state index in [2.05, 4.69) is 11.6 Å². The summed E-state index contributed by atoms with van der Waals surface area (Å²) in [6.45, 7) is 9.37. The maximum Gasteiger partial charge on any atom is 0.320 e. The number of carbonyl (C=O) groups is 1. The Bertz CT molecular complexity index is 405. The van der Waals surface area contributed by atoms with Gasteiger partial charge in [0.25, 0.3) is 0 Å². The summed E-state index contributed by atoms with van der Waals surface area (Å²) in [6, 6.07) is 5.87. The highest BCUT2D eigenvalue weighted by atomic mass is 16.5. The van der Waals surface area contributed by atoms with E-state index in [1.165, 1.54) is 0 Å². The average molecular weight is 248 g/mol. The molecule has 0 fully saturated rings. The molecule has 0 N–H and O–H groups in total. The van der Waals surface area contributed by atoms with Crippen LogP contribution in [-0.4, -0.2) is 35.5 Å². The molecule has 0 atom stereocenters. The van der Waals surface area contributed by atoms with Crippen LogP contribution in [0.4, 0.5) is 0 Å². The van der Waals surface area contributed by atoms with Crippen molar-refractivity contribution in [1.29, 1.82) is 0 Å². The van der Waals surface area contributed by atoms with E-state index in [-0.39, 0.29) is 12.5 Å². The van der Waals surface area contributed by atoms with Crippen molar-refractivity contribution in [2.24, 2.45) is 0 Å². The van der Waals surface area contributed by atoms with Crippen LogP contribution >= 0.6 is 0 Å². The second-order valence-electron chi connectivity index (χ2n) is 4.03. The molecule has 4 nitrogen and oxygen atoms in total. The van der Waals surface area contributed by atoms with E-state index in [0.29, 0.717) is 19.7 Å². The Morgan fingerprint density at radius 3 is 2.94 bits per heavy atom. The topological polar surface area (TPSA) is 42.4 Å². The molecule has 0 aromatic carbocycles. The van der Waals surface area contributed by atoms with Crippen LogP contribution in [0, 0.1) is 6.92 Å². The predicted octanol–water partition coefficient (Wildman–Crippen LogP) is 1.94. The summed E-state index contributed by atoms with van der Waals surface area (Å²) in [6.07, 6.45) is 1.77. The summed E-state index contributed by atoms with van der Waals surface area (Å²) in [7, 11) is 0. The van der Waals surface area contributed by atoms with Gasteiger partial charge >= 0.3 is 5.97 Å². The van der Waals surface area contributed by atoms with Crippen molar-refractivity contribution in [3.05, 3.63) is 42.2 Å². The summed E-state index contributed by atoms with van der Waals surface area (Å²) in [5.41, 5.74) is 1.92. The van der Waals surface area contributed by atoms with Gasteiger partial charge in [0.2, 0.25) is 0 Å². The molecule has 1 aromatic heterocycles. The van der Waals surface area contributed by atoms with Crippen LogP contribution in [0.15, 0.2) is 30.9 Å². The molecule has 0 aliphatic rings. The second-order valence-corrected chi connectivity index (χ2v) is 4.03. The summed E-state index contributed by atoms with van der Waals surface area (Å²) in [5.74, 6) is -0.216. The number of rotatable bonds is 7. The molecular weight excluding hydrogens is 228 g/mol. The summed E-state index contributed by atoms with van der Waals surface area (Å²) in [5, 5.41) is 0. The first-order valence-electron chi connectivity index (χ1n) is 6.07. The lowest BCUT2D eigenvalue weighted by Gasteiger charge is -2.19. The number of nitrogens with zero attached hydrogens (tertiary/aromatic N) is 2. The number of pyridine rings is 1.